The molecule has 1 unspecified atom stereocenters. The van der Waals surface area contributed by atoms with Gasteiger partial charge in [0.15, 0.2) is 5.76 Å². The predicted molar refractivity (Wildman–Crippen MR) is 108 cm³/mol. The minimum absolute atomic E-state index is 0.0186. The number of hydrogen-bond donors (Lipinski definition) is 0. The summed E-state index contributed by atoms with van der Waals surface area (Å²) in [6, 6.07) is 5.19. The Hall–Kier alpha value is -2.90. The van der Waals surface area contributed by atoms with Crippen LogP contribution in [0.1, 0.15) is 46.6 Å². The molecule has 2 aromatic heterocycles. The lowest BCUT2D eigenvalue weighted by molar-refractivity contribution is 0.0676. The van der Waals surface area contributed by atoms with Crippen LogP contribution in [-0.4, -0.2) is 70.9 Å². The monoisotopic (exact) mass is 397 g/mol. The van der Waals surface area contributed by atoms with E-state index in [4.69, 9.17) is 4.42 Å². The van der Waals surface area contributed by atoms with Crippen molar-refractivity contribution in [3.63, 3.8) is 0 Å². The van der Waals surface area contributed by atoms with Gasteiger partial charge in [0.05, 0.1) is 6.26 Å². The molecule has 0 N–H and O–H groups in total. The lowest BCUT2D eigenvalue weighted by atomic mass is 10.00. The summed E-state index contributed by atoms with van der Waals surface area (Å²) >= 11 is 0. The van der Waals surface area contributed by atoms with Crippen molar-refractivity contribution in [3.05, 3.63) is 41.7 Å². The van der Waals surface area contributed by atoms with Crippen LogP contribution in [-0.2, 0) is 0 Å². The molecule has 1 atom stereocenters. The first-order valence-electron chi connectivity index (χ1n) is 10.2. The van der Waals surface area contributed by atoms with Gasteiger partial charge in [-0.05, 0) is 37.8 Å². The van der Waals surface area contributed by atoms with Gasteiger partial charge >= 0.3 is 0 Å². The van der Waals surface area contributed by atoms with Crippen LogP contribution in [0.25, 0.3) is 0 Å². The normalized spacial score (nSPS) is 20.1. The maximum Gasteiger partial charge on any atom is 0.289 e. The molecular formula is C21H27N5O3. The van der Waals surface area contributed by atoms with Gasteiger partial charge in [0.2, 0.25) is 0 Å². The van der Waals surface area contributed by atoms with Crippen LogP contribution >= 0.6 is 0 Å². The van der Waals surface area contributed by atoms with E-state index in [-0.39, 0.29) is 11.8 Å². The molecule has 4 heterocycles. The van der Waals surface area contributed by atoms with Crippen molar-refractivity contribution in [1.82, 2.24) is 19.8 Å². The summed E-state index contributed by atoms with van der Waals surface area (Å²) in [4.78, 5) is 40.1. The van der Waals surface area contributed by atoms with E-state index in [9.17, 15) is 9.59 Å². The zero-order valence-electron chi connectivity index (χ0n) is 17.0. The Bertz CT molecular complexity index is 874. The molecule has 2 aliphatic heterocycles. The number of piperidine rings is 1. The summed E-state index contributed by atoms with van der Waals surface area (Å²) in [5, 5.41) is 0. The number of piperazine rings is 1. The van der Waals surface area contributed by atoms with Crippen molar-refractivity contribution < 1.29 is 14.0 Å². The largest absolute Gasteiger partial charge is 0.459 e. The van der Waals surface area contributed by atoms with Gasteiger partial charge < -0.3 is 19.1 Å². The Morgan fingerprint density at radius 3 is 2.55 bits per heavy atom. The van der Waals surface area contributed by atoms with Crippen molar-refractivity contribution in [1.29, 1.82) is 0 Å². The van der Waals surface area contributed by atoms with Gasteiger partial charge in [-0.15, -0.1) is 0 Å². The third kappa shape index (κ3) is 4.26. The number of likely N-dealkylation sites (tertiary alicyclic amines) is 1. The second-order valence-corrected chi connectivity index (χ2v) is 7.91. The predicted octanol–water partition coefficient (Wildman–Crippen LogP) is 2.21. The minimum atomic E-state index is -0.0939. The molecule has 8 nitrogen and oxygen atoms in total. The summed E-state index contributed by atoms with van der Waals surface area (Å²) < 4.78 is 5.22. The highest BCUT2D eigenvalue weighted by Gasteiger charge is 2.27. The molecule has 4 rings (SSSR count). The first-order chi connectivity index (χ1) is 14.0. The molecule has 2 aliphatic rings. The van der Waals surface area contributed by atoms with E-state index in [0.717, 1.165) is 25.3 Å². The number of furan rings is 1. The molecule has 2 amide bonds. The van der Waals surface area contributed by atoms with E-state index >= 15 is 0 Å². The Balaban J connectivity index is 1.44. The lowest BCUT2D eigenvalue weighted by Crippen LogP contribution is -2.49. The maximum absolute atomic E-state index is 13.0. The molecule has 0 spiro atoms. The molecule has 2 saturated heterocycles. The number of hydrogen-bond acceptors (Lipinski definition) is 6. The number of carbonyl (C=O) groups excluding carboxylic acids is 2. The highest BCUT2D eigenvalue weighted by Crippen LogP contribution is 2.20. The third-order valence-electron chi connectivity index (χ3n) is 5.61. The summed E-state index contributed by atoms with van der Waals surface area (Å²) in [5.41, 5.74) is 0.454. The summed E-state index contributed by atoms with van der Waals surface area (Å²) in [5.74, 6) is 2.11. The quantitative estimate of drug-likeness (QED) is 0.790. The van der Waals surface area contributed by atoms with Crippen LogP contribution in [0.2, 0.25) is 0 Å². The van der Waals surface area contributed by atoms with Crippen molar-refractivity contribution in [3.8, 4) is 0 Å². The van der Waals surface area contributed by atoms with Crippen LogP contribution in [0, 0.1) is 12.8 Å². The number of aryl methyl sites for hydroxylation is 1. The molecule has 0 radical (unpaired) electrons. The van der Waals surface area contributed by atoms with Crippen LogP contribution in [0.15, 0.2) is 28.9 Å². The van der Waals surface area contributed by atoms with E-state index in [1.165, 1.54) is 12.7 Å². The molecule has 0 aliphatic carbocycles. The highest BCUT2D eigenvalue weighted by atomic mass is 16.3. The number of amides is 2. The van der Waals surface area contributed by atoms with Gasteiger partial charge in [0.25, 0.3) is 11.8 Å². The third-order valence-corrected chi connectivity index (χ3v) is 5.61. The fourth-order valence-corrected chi connectivity index (χ4v) is 4.05. The first-order valence-corrected chi connectivity index (χ1v) is 10.2. The standard InChI is InChI=1S/C21H27N5O3/c1-15-5-3-7-26(14-15)20(27)17-13-19(23-16(2)22-17)24-8-10-25(11-9-24)21(28)18-6-4-12-29-18/h4,6,12-13,15H,3,5,7-11,14H2,1-2H3. The van der Waals surface area contributed by atoms with E-state index in [1.54, 1.807) is 23.1 Å². The average Bonchev–Trinajstić information content (AvgIpc) is 3.27. The second kappa shape index (κ2) is 8.23. The highest BCUT2D eigenvalue weighted by molar-refractivity contribution is 5.93. The number of rotatable bonds is 3. The Kier molecular flexibility index (Phi) is 5.51. The summed E-state index contributed by atoms with van der Waals surface area (Å²) in [6.07, 6.45) is 3.71. The van der Waals surface area contributed by atoms with Gasteiger partial charge in [-0.2, -0.15) is 0 Å². The number of nitrogens with zero attached hydrogens (tertiary/aromatic N) is 5. The molecule has 154 valence electrons. The van der Waals surface area contributed by atoms with Crippen molar-refractivity contribution in [2.24, 2.45) is 5.92 Å². The Morgan fingerprint density at radius 1 is 1.07 bits per heavy atom. The average molecular weight is 397 g/mol. The molecule has 0 aromatic carbocycles. The van der Waals surface area contributed by atoms with Gasteiger partial charge in [0.1, 0.15) is 17.3 Å². The van der Waals surface area contributed by atoms with Crippen LogP contribution in [0.4, 0.5) is 5.82 Å². The number of carbonyl (C=O) groups is 2. The number of aromatic nitrogens is 2. The van der Waals surface area contributed by atoms with Gasteiger partial charge in [0, 0.05) is 45.3 Å². The maximum atomic E-state index is 13.0. The lowest BCUT2D eigenvalue weighted by Gasteiger charge is -2.35. The van der Waals surface area contributed by atoms with E-state index in [2.05, 4.69) is 21.8 Å². The molecule has 2 aromatic rings. The van der Waals surface area contributed by atoms with Crippen molar-refractivity contribution >= 4 is 17.6 Å². The van der Waals surface area contributed by atoms with E-state index in [1.807, 2.05) is 11.8 Å². The smallest absolute Gasteiger partial charge is 0.289 e. The topological polar surface area (TPSA) is 82.8 Å². The van der Waals surface area contributed by atoms with Crippen molar-refractivity contribution in [2.75, 3.05) is 44.2 Å². The molecule has 2 fully saturated rings. The summed E-state index contributed by atoms with van der Waals surface area (Å²) in [6.45, 7) is 8.02. The molecule has 29 heavy (non-hydrogen) atoms. The number of anilines is 1. The molecule has 8 heteroatoms. The first kappa shape index (κ1) is 19.4. The van der Waals surface area contributed by atoms with Crippen molar-refractivity contribution in [2.45, 2.75) is 26.7 Å². The fourth-order valence-electron chi connectivity index (χ4n) is 4.05. The molecular weight excluding hydrogens is 370 g/mol. The zero-order chi connectivity index (χ0) is 20.4. The molecule has 0 bridgehead atoms. The van der Waals surface area contributed by atoms with E-state index < -0.39 is 0 Å². The Morgan fingerprint density at radius 2 is 1.86 bits per heavy atom. The summed E-state index contributed by atoms with van der Waals surface area (Å²) in [7, 11) is 0. The SMILES string of the molecule is Cc1nc(C(=O)N2CCCC(C)C2)cc(N2CCN(C(=O)c3ccco3)CC2)n1. The van der Waals surface area contributed by atoms with Gasteiger partial charge in [-0.1, -0.05) is 6.92 Å². The van der Waals surface area contributed by atoms with Crippen LogP contribution in [0.5, 0.6) is 0 Å². The molecule has 0 saturated carbocycles. The van der Waals surface area contributed by atoms with Gasteiger partial charge in [-0.25, -0.2) is 9.97 Å². The van der Waals surface area contributed by atoms with E-state index in [0.29, 0.717) is 49.4 Å². The fraction of sp³-hybridized carbons (Fsp3) is 0.524. The zero-order valence-corrected chi connectivity index (χ0v) is 17.0. The second-order valence-electron chi connectivity index (χ2n) is 7.91. The minimum Gasteiger partial charge on any atom is -0.459 e. The van der Waals surface area contributed by atoms with Crippen LogP contribution < -0.4 is 4.90 Å². The van der Waals surface area contributed by atoms with Crippen LogP contribution in [0.3, 0.4) is 0 Å². The Labute approximate surface area is 170 Å². The van der Waals surface area contributed by atoms with Gasteiger partial charge in [-0.3, -0.25) is 9.59 Å².